The van der Waals surface area contributed by atoms with Crippen LogP contribution in [0.4, 0.5) is 0 Å². The van der Waals surface area contributed by atoms with Crippen LogP contribution in [0.1, 0.15) is 6.42 Å². The second-order valence-electron chi connectivity index (χ2n) is 2.04. The second-order valence-corrected chi connectivity index (χ2v) is 2.04. The fourth-order valence-corrected chi connectivity index (χ4v) is 0.824. The lowest BCUT2D eigenvalue weighted by atomic mass is 10.3. The molecule has 1 aliphatic rings. The first-order valence-corrected chi connectivity index (χ1v) is 3.23. The molecule has 58 valence electrons. The molecule has 0 aromatic carbocycles. The van der Waals surface area contributed by atoms with E-state index in [1.165, 1.54) is 0 Å². The molecule has 1 rings (SSSR count). The van der Waals surface area contributed by atoms with Crippen molar-refractivity contribution in [3.8, 4) is 0 Å². The summed E-state index contributed by atoms with van der Waals surface area (Å²) < 4.78 is 9.56. The predicted octanol–water partition coefficient (Wildman–Crippen LogP) is -0.689. The molecule has 1 saturated heterocycles. The summed E-state index contributed by atoms with van der Waals surface area (Å²) in [5, 5.41) is 8.34. The van der Waals surface area contributed by atoms with Crippen molar-refractivity contribution in [1.29, 1.82) is 0 Å². The molecule has 10 heavy (non-hydrogen) atoms. The van der Waals surface area contributed by atoms with Gasteiger partial charge in [0, 0.05) is 6.42 Å². The number of rotatable bonds is 3. The van der Waals surface area contributed by atoms with Gasteiger partial charge in [-0.25, -0.2) is 4.79 Å². The maximum Gasteiger partial charge on any atom is 0.335 e. The number of carbonyl (C=O) groups is 1. The van der Waals surface area contributed by atoms with Gasteiger partial charge in [-0.15, -0.1) is 0 Å². The van der Waals surface area contributed by atoms with Crippen molar-refractivity contribution in [2.24, 2.45) is 0 Å². The van der Waals surface area contributed by atoms with E-state index in [9.17, 15) is 4.79 Å². The third-order valence-corrected chi connectivity index (χ3v) is 1.30. The van der Waals surface area contributed by atoms with E-state index >= 15 is 0 Å². The largest absolute Gasteiger partial charge is 0.464 e. The number of carbonyl (C=O) groups excluding carboxylic acids is 1. The van der Waals surface area contributed by atoms with Crippen LogP contribution in [0, 0.1) is 0 Å². The standard InChI is InChI=1S/C6H10O4/c7-2-4-9-5-1-3-10-6(5)8/h5,7H,1-4H2. The highest BCUT2D eigenvalue weighted by atomic mass is 16.6. The number of aliphatic hydroxyl groups excluding tert-OH is 1. The van der Waals surface area contributed by atoms with Gasteiger partial charge in [0.1, 0.15) is 0 Å². The van der Waals surface area contributed by atoms with E-state index < -0.39 is 6.10 Å². The van der Waals surface area contributed by atoms with Crippen LogP contribution >= 0.6 is 0 Å². The highest BCUT2D eigenvalue weighted by Crippen LogP contribution is 2.09. The fraction of sp³-hybridized carbons (Fsp3) is 0.833. The first-order valence-electron chi connectivity index (χ1n) is 3.23. The van der Waals surface area contributed by atoms with Gasteiger partial charge in [-0.3, -0.25) is 0 Å². The molecule has 1 N–H and O–H groups in total. The van der Waals surface area contributed by atoms with Gasteiger partial charge in [-0.05, 0) is 0 Å². The van der Waals surface area contributed by atoms with E-state index in [2.05, 4.69) is 4.74 Å². The molecule has 0 aliphatic carbocycles. The molecule has 0 bridgehead atoms. The molecule has 4 heteroatoms. The Bertz CT molecular complexity index is 123. The minimum Gasteiger partial charge on any atom is -0.464 e. The fourth-order valence-electron chi connectivity index (χ4n) is 0.824. The van der Waals surface area contributed by atoms with Crippen LogP contribution in [0.25, 0.3) is 0 Å². The Balaban J connectivity index is 2.20. The van der Waals surface area contributed by atoms with Gasteiger partial charge in [0.15, 0.2) is 6.10 Å². The monoisotopic (exact) mass is 146 g/mol. The Morgan fingerprint density at radius 1 is 1.80 bits per heavy atom. The summed E-state index contributed by atoms with van der Waals surface area (Å²) in [6.07, 6.45) is 0.172. The quantitative estimate of drug-likeness (QED) is 0.535. The minimum absolute atomic E-state index is 0.0518. The Hall–Kier alpha value is -0.610. The number of aliphatic hydroxyl groups is 1. The van der Waals surface area contributed by atoms with E-state index in [-0.39, 0.29) is 19.2 Å². The summed E-state index contributed by atoms with van der Waals surface area (Å²) in [6, 6.07) is 0. The number of cyclic esters (lactones) is 1. The second kappa shape index (κ2) is 3.53. The van der Waals surface area contributed by atoms with Gasteiger partial charge in [0.25, 0.3) is 0 Å². The summed E-state index contributed by atoms with van der Waals surface area (Å²) in [5.74, 6) is -0.312. The van der Waals surface area contributed by atoms with Gasteiger partial charge in [0.2, 0.25) is 0 Å². The molecule has 1 heterocycles. The first kappa shape index (κ1) is 7.50. The molecule has 0 radical (unpaired) electrons. The van der Waals surface area contributed by atoms with Gasteiger partial charge < -0.3 is 14.6 Å². The maximum atomic E-state index is 10.7. The number of esters is 1. The molecule has 1 unspecified atom stereocenters. The smallest absolute Gasteiger partial charge is 0.335 e. The molecule has 0 spiro atoms. The van der Waals surface area contributed by atoms with E-state index in [4.69, 9.17) is 9.84 Å². The molecule has 1 aliphatic heterocycles. The lowest BCUT2D eigenvalue weighted by Crippen LogP contribution is -2.20. The van der Waals surface area contributed by atoms with E-state index in [0.29, 0.717) is 13.0 Å². The highest BCUT2D eigenvalue weighted by Gasteiger charge is 2.26. The third kappa shape index (κ3) is 1.68. The van der Waals surface area contributed by atoms with Crippen molar-refractivity contribution in [3.05, 3.63) is 0 Å². The van der Waals surface area contributed by atoms with Crippen LogP contribution in [0.15, 0.2) is 0 Å². The summed E-state index contributed by atoms with van der Waals surface area (Å²) in [5.41, 5.74) is 0. The van der Waals surface area contributed by atoms with Crippen LogP contribution in [-0.2, 0) is 14.3 Å². The van der Waals surface area contributed by atoms with Gasteiger partial charge in [-0.1, -0.05) is 0 Å². The van der Waals surface area contributed by atoms with Gasteiger partial charge in [0.05, 0.1) is 19.8 Å². The Morgan fingerprint density at radius 3 is 3.10 bits per heavy atom. The Kier molecular flexibility index (Phi) is 2.65. The maximum absolute atomic E-state index is 10.7. The zero-order valence-corrected chi connectivity index (χ0v) is 5.58. The zero-order valence-electron chi connectivity index (χ0n) is 5.58. The molecular formula is C6H10O4. The molecule has 4 nitrogen and oxygen atoms in total. The number of ether oxygens (including phenoxy) is 2. The summed E-state index contributed by atoms with van der Waals surface area (Å²) >= 11 is 0. The van der Waals surface area contributed by atoms with Crippen molar-refractivity contribution >= 4 is 5.97 Å². The van der Waals surface area contributed by atoms with Crippen molar-refractivity contribution in [2.75, 3.05) is 19.8 Å². The minimum atomic E-state index is -0.438. The average molecular weight is 146 g/mol. The molecule has 1 atom stereocenters. The highest BCUT2D eigenvalue weighted by molar-refractivity contribution is 5.76. The van der Waals surface area contributed by atoms with Crippen LogP contribution in [0.2, 0.25) is 0 Å². The number of hydrogen-bond acceptors (Lipinski definition) is 4. The molecule has 0 saturated carbocycles. The van der Waals surface area contributed by atoms with E-state index in [1.54, 1.807) is 0 Å². The van der Waals surface area contributed by atoms with Crippen LogP contribution in [0.5, 0.6) is 0 Å². The van der Waals surface area contributed by atoms with Crippen LogP contribution in [-0.4, -0.2) is 37.0 Å². The predicted molar refractivity (Wildman–Crippen MR) is 32.4 cm³/mol. The normalized spacial score (nSPS) is 24.9. The lowest BCUT2D eigenvalue weighted by Gasteiger charge is -2.04. The van der Waals surface area contributed by atoms with Crippen molar-refractivity contribution in [2.45, 2.75) is 12.5 Å². The van der Waals surface area contributed by atoms with Crippen molar-refractivity contribution < 1.29 is 19.4 Å². The summed E-state index contributed by atoms with van der Waals surface area (Å²) in [7, 11) is 0. The van der Waals surface area contributed by atoms with E-state index in [1.807, 2.05) is 0 Å². The van der Waals surface area contributed by atoms with E-state index in [0.717, 1.165) is 0 Å². The third-order valence-electron chi connectivity index (χ3n) is 1.30. The van der Waals surface area contributed by atoms with Crippen LogP contribution in [0.3, 0.4) is 0 Å². The van der Waals surface area contributed by atoms with Gasteiger partial charge >= 0.3 is 5.97 Å². The SMILES string of the molecule is O=C1OCCC1OCCO. The Labute approximate surface area is 58.7 Å². The molecular weight excluding hydrogens is 136 g/mol. The topological polar surface area (TPSA) is 55.8 Å². The van der Waals surface area contributed by atoms with Crippen LogP contribution < -0.4 is 0 Å². The zero-order chi connectivity index (χ0) is 7.40. The summed E-state index contributed by atoms with van der Waals surface area (Å²) in [4.78, 5) is 10.7. The first-order chi connectivity index (χ1) is 4.84. The van der Waals surface area contributed by atoms with Crippen molar-refractivity contribution in [1.82, 2.24) is 0 Å². The molecule has 0 aromatic heterocycles. The lowest BCUT2D eigenvalue weighted by molar-refractivity contribution is -0.147. The summed E-state index contributed by atoms with van der Waals surface area (Å²) in [6.45, 7) is 0.596. The van der Waals surface area contributed by atoms with Crippen molar-refractivity contribution in [3.63, 3.8) is 0 Å². The average Bonchev–Trinajstić information content (AvgIpc) is 2.31. The molecule has 0 amide bonds. The molecule has 1 fully saturated rings. The number of hydrogen-bond donors (Lipinski definition) is 1. The molecule has 0 aromatic rings. The van der Waals surface area contributed by atoms with Gasteiger partial charge in [-0.2, -0.15) is 0 Å². The Morgan fingerprint density at radius 2 is 2.60 bits per heavy atom.